The Morgan fingerprint density at radius 3 is 2.19 bits per heavy atom. The summed E-state index contributed by atoms with van der Waals surface area (Å²) in [5, 5.41) is 2.73. The predicted molar refractivity (Wildman–Crippen MR) is 151 cm³/mol. The van der Waals surface area contributed by atoms with Crippen LogP contribution in [-0.4, -0.2) is 44.7 Å². The molecule has 194 valence electrons. The Labute approximate surface area is 219 Å². The maximum atomic E-state index is 12.9. The predicted octanol–water partition coefficient (Wildman–Crippen LogP) is 5.67. The summed E-state index contributed by atoms with van der Waals surface area (Å²) in [7, 11) is -2.47. The van der Waals surface area contributed by atoms with E-state index in [9.17, 15) is 4.79 Å². The van der Waals surface area contributed by atoms with E-state index in [4.69, 9.17) is 4.43 Å². The number of hydrogen-bond donors (Lipinski definition) is 0. The summed E-state index contributed by atoms with van der Waals surface area (Å²) in [5.74, 6) is 1.99. The average molecular weight is 504 g/mol. The minimum Gasteiger partial charge on any atom is -0.407 e. The summed E-state index contributed by atoms with van der Waals surface area (Å²) in [6.45, 7) is 15.0. The fourth-order valence-corrected chi connectivity index (χ4v) is 12.6. The number of fused-ring (bicyclic) bond motifs is 1. The van der Waals surface area contributed by atoms with Gasteiger partial charge in [0.15, 0.2) is 0 Å². The molecule has 2 bridgehead atoms. The average Bonchev–Trinajstić information content (AvgIpc) is 3.05. The number of carbonyl (C=O) groups is 1. The molecule has 2 aliphatic heterocycles. The Balaban J connectivity index is 1.34. The summed E-state index contributed by atoms with van der Waals surface area (Å²) in [6.07, 6.45) is 5.21. The van der Waals surface area contributed by atoms with Gasteiger partial charge in [-0.25, -0.2) is 0 Å². The van der Waals surface area contributed by atoms with Gasteiger partial charge in [0.05, 0.1) is 0 Å². The first-order chi connectivity index (χ1) is 17.2. The molecule has 2 heterocycles. The van der Waals surface area contributed by atoms with Crippen LogP contribution in [0.4, 0.5) is 0 Å². The van der Waals surface area contributed by atoms with E-state index in [1.165, 1.54) is 23.3 Å². The molecule has 2 aromatic carbocycles. The molecule has 0 radical (unpaired) electrons. The molecule has 3 nitrogen and oxygen atoms in total. The molecule has 5 rings (SSSR count). The van der Waals surface area contributed by atoms with Crippen LogP contribution < -0.4 is 10.4 Å². The number of benzene rings is 2. The maximum Gasteiger partial charge on any atom is 0.261 e. The van der Waals surface area contributed by atoms with Crippen molar-refractivity contribution in [2.45, 2.75) is 77.8 Å². The van der Waals surface area contributed by atoms with Crippen LogP contribution in [0.5, 0.6) is 0 Å². The van der Waals surface area contributed by atoms with Crippen molar-refractivity contribution in [3.05, 3.63) is 60.7 Å². The molecule has 2 aromatic rings. The lowest BCUT2D eigenvalue weighted by Crippen LogP contribution is -2.66. The molecule has 0 spiro atoms. The Kier molecular flexibility index (Phi) is 7.08. The summed E-state index contributed by atoms with van der Waals surface area (Å²) in [6, 6.07) is 22.6. The zero-order valence-corrected chi connectivity index (χ0v) is 24.0. The van der Waals surface area contributed by atoms with E-state index in [1.54, 1.807) is 0 Å². The van der Waals surface area contributed by atoms with Crippen LogP contribution in [-0.2, 0) is 9.22 Å². The smallest absolute Gasteiger partial charge is 0.261 e. The van der Waals surface area contributed by atoms with E-state index < -0.39 is 8.32 Å². The van der Waals surface area contributed by atoms with Gasteiger partial charge in [0, 0.05) is 38.1 Å². The summed E-state index contributed by atoms with van der Waals surface area (Å²) in [5.41, 5.74) is 0.266. The van der Waals surface area contributed by atoms with Crippen molar-refractivity contribution in [3.8, 4) is 0 Å². The molecule has 5 atom stereocenters. The van der Waals surface area contributed by atoms with Crippen molar-refractivity contribution < 1.29 is 9.22 Å². The third-order valence-corrected chi connectivity index (χ3v) is 15.1. The summed E-state index contributed by atoms with van der Waals surface area (Å²) < 4.78 is 7.19. The number of ketones is 1. The second-order valence-corrected chi connectivity index (χ2v) is 17.4. The van der Waals surface area contributed by atoms with Crippen LogP contribution in [0.3, 0.4) is 0 Å². The summed E-state index contributed by atoms with van der Waals surface area (Å²) >= 11 is 0. The number of carbonyl (C=O) groups excluding carboxylic acids is 1. The quantitative estimate of drug-likeness (QED) is 0.360. The Bertz CT molecular complexity index is 1010. The molecule has 3 aliphatic rings. The second-order valence-electron chi connectivity index (χ2n) is 13.1. The van der Waals surface area contributed by atoms with Crippen molar-refractivity contribution in [2.24, 2.45) is 23.2 Å². The monoisotopic (exact) mass is 503 g/mol. The minimum absolute atomic E-state index is 0.0164. The maximum absolute atomic E-state index is 12.9. The number of hydrogen-bond acceptors (Lipinski definition) is 3. The highest BCUT2D eigenvalue weighted by Crippen LogP contribution is 2.54. The highest BCUT2D eigenvalue weighted by molar-refractivity contribution is 6.99. The Morgan fingerprint density at radius 2 is 1.61 bits per heavy atom. The number of Topliss-reactive ketones (excluding diaryl/α,β-unsaturated/α-hetero) is 1. The van der Waals surface area contributed by atoms with E-state index in [2.05, 4.69) is 100 Å². The molecule has 1 saturated carbocycles. The van der Waals surface area contributed by atoms with Gasteiger partial charge in [0.2, 0.25) is 0 Å². The van der Waals surface area contributed by atoms with E-state index in [1.807, 2.05) is 0 Å². The molecule has 3 fully saturated rings. The van der Waals surface area contributed by atoms with Crippen molar-refractivity contribution in [3.63, 3.8) is 0 Å². The van der Waals surface area contributed by atoms with E-state index in [-0.39, 0.29) is 10.5 Å². The van der Waals surface area contributed by atoms with Gasteiger partial charge in [0.1, 0.15) is 5.78 Å². The zero-order valence-electron chi connectivity index (χ0n) is 23.0. The van der Waals surface area contributed by atoms with Crippen molar-refractivity contribution in [1.82, 2.24) is 4.90 Å². The molecule has 1 aliphatic carbocycles. The van der Waals surface area contributed by atoms with Crippen LogP contribution in [0, 0.1) is 23.2 Å². The van der Waals surface area contributed by atoms with Gasteiger partial charge < -0.3 is 4.43 Å². The number of rotatable bonds is 7. The van der Waals surface area contributed by atoms with Gasteiger partial charge in [-0.15, -0.1) is 0 Å². The first-order valence-electron chi connectivity index (χ1n) is 14.2. The molecule has 0 aromatic heterocycles. The van der Waals surface area contributed by atoms with Gasteiger partial charge in [-0.2, -0.15) is 0 Å². The number of piperidine rings is 1. The molecule has 0 N–H and O–H groups in total. The van der Waals surface area contributed by atoms with Crippen molar-refractivity contribution in [2.75, 3.05) is 19.7 Å². The molecule has 4 heteroatoms. The molecule has 0 unspecified atom stereocenters. The highest BCUT2D eigenvalue weighted by atomic mass is 28.4. The molecule has 0 amide bonds. The summed E-state index contributed by atoms with van der Waals surface area (Å²) in [4.78, 5) is 15.6. The highest BCUT2D eigenvalue weighted by Gasteiger charge is 2.56. The van der Waals surface area contributed by atoms with Crippen LogP contribution in [0.25, 0.3) is 0 Å². The number of nitrogens with zero attached hydrogens (tertiary/aromatic N) is 1. The van der Waals surface area contributed by atoms with Crippen molar-refractivity contribution in [1.29, 1.82) is 0 Å². The topological polar surface area (TPSA) is 29.5 Å². The van der Waals surface area contributed by atoms with Gasteiger partial charge in [-0.05, 0) is 58.3 Å². The standard InChI is InChI=1S/C32H45NO2Si/c1-24-22-33-23-25(32(5)19-18-29(34)28(24)21-30(32)33)13-12-20-35-36(31(2,3)4,26-14-8-6-9-15-26)27-16-10-7-11-17-27/h6-11,14-17,24-25,28,30H,12-13,18-23H2,1-5H3/t24-,25-,28-,30-,32-/m1/s1. The van der Waals surface area contributed by atoms with Crippen LogP contribution >= 0.6 is 0 Å². The van der Waals surface area contributed by atoms with E-state index >= 15 is 0 Å². The molecule has 2 saturated heterocycles. The van der Waals surface area contributed by atoms with E-state index in [0.717, 1.165) is 38.8 Å². The zero-order chi connectivity index (χ0) is 25.6. The van der Waals surface area contributed by atoms with E-state index in [0.29, 0.717) is 29.6 Å². The van der Waals surface area contributed by atoms with Crippen molar-refractivity contribution >= 4 is 24.5 Å². The Morgan fingerprint density at radius 1 is 1.00 bits per heavy atom. The fourth-order valence-electron chi connectivity index (χ4n) is 8.03. The third kappa shape index (κ3) is 4.33. The first kappa shape index (κ1) is 25.9. The largest absolute Gasteiger partial charge is 0.407 e. The lowest BCUT2D eigenvalue weighted by Gasteiger charge is -2.43. The third-order valence-electron chi connectivity index (χ3n) is 10.0. The molecular formula is C32H45NO2Si. The van der Waals surface area contributed by atoms with Gasteiger partial charge >= 0.3 is 0 Å². The minimum atomic E-state index is -2.47. The van der Waals surface area contributed by atoms with Crippen LogP contribution in [0.2, 0.25) is 5.04 Å². The van der Waals surface area contributed by atoms with Gasteiger partial charge in [-0.3, -0.25) is 9.69 Å². The molecular weight excluding hydrogens is 458 g/mol. The normalized spacial score (nSPS) is 30.9. The first-order valence-corrected chi connectivity index (χ1v) is 16.1. The lowest BCUT2D eigenvalue weighted by atomic mass is 9.69. The SMILES string of the molecule is C[C@@H]1CN2C[C@@H](CCCO[Si](c3ccccc3)(c3ccccc3)C(C)(C)C)[C@@]3(C)CCC(=O)[C@@H]1C[C@@H]23. The van der Waals surface area contributed by atoms with Crippen LogP contribution in [0.1, 0.15) is 66.7 Å². The second kappa shape index (κ2) is 9.85. The lowest BCUT2D eigenvalue weighted by molar-refractivity contribution is -0.125. The van der Waals surface area contributed by atoms with Crippen LogP contribution in [0.15, 0.2) is 60.7 Å². The van der Waals surface area contributed by atoms with Gasteiger partial charge in [0.25, 0.3) is 8.32 Å². The fraction of sp³-hybridized carbons (Fsp3) is 0.594. The molecule has 36 heavy (non-hydrogen) atoms. The Hall–Kier alpha value is -1.75. The van der Waals surface area contributed by atoms with Gasteiger partial charge in [-0.1, -0.05) is 95.3 Å².